The van der Waals surface area contributed by atoms with E-state index in [0.717, 1.165) is 43.2 Å². The number of aromatic nitrogens is 1. The van der Waals surface area contributed by atoms with E-state index in [1.807, 2.05) is 29.2 Å². The number of hydrogen-bond donors (Lipinski definition) is 2. The Morgan fingerprint density at radius 1 is 1.20 bits per heavy atom. The van der Waals surface area contributed by atoms with Gasteiger partial charge in [-0.1, -0.05) is 6.07 Å². The van der Waals surface area contributed by atoms with Crippen LogP contribution >= 0.6 is 0 Å². The molecule has 0 aliphatic carbocycles. The molecule has 0 saturated carbocycles. The van der Waals surface area contributed by atoms with Gasteiger partial charge in [-0.15, -0.1) is 0 Å². The summed E-state index contributed by atoms with van der Waals surface area (Å²) in [5.74, 6) is 2.13. The van der Waals surface area contributed by atoms with Crippen molar-refractivity contribution < 1.29 is 14.3 Å². The minimum Gasteiger partial charge on any atom is -0.454 e. The first-order chi connectivity index (χ1) is 12.3. The van der Waals surface area contributed by atoms with Gasteiger partial charge in [0.25, 0.3) is 5.91 Å². The monoisotopic (exact) mass is 340 g/mol. The van der Waals surface area contributed by atoms with Crippen molar-refractivity contribution in [3.8, 4) is 11.5 Å². The third kappa shape index (κ3) is 3.36. The van der Waals surface area contributed by atoms with Crippen LogP contribution in [0, 0.1) is 0 Å². The largest absolute Gasteiger partial charge is 0.454 e. The summed E-state index contributed by atoms with van der Waals surface area (Å²) >= 11 is 0. The van der Waals surface area contributed by atoms with E-state index in [0.29, 0.717) is 17.9 Å². The Labute approximate surface area is 145 Å². The highest BCUT2D eigenvalue weighted by Gasteiger charge is 2.21. The third-order valence-electron chi connectivity index (χ3n) is 4.34. The molecule has 0 spiro atoms. The van der Waals surface area contributed by atoms with Crippen molar-refractivity contribution in [2.24, 2.45) is 0 Å². The van der Waals surface area contributed by atoms with Crippen LogP contribution in [0.4, 0.5) is 5.82 Å². The molecule has 1 amide bonds. The molecule has 0 bridgehead atoms. The molecular weight excluding hydrogens is 320 g/mol. The van der Waals surface area contributed by atoms with Crippen LogP contribution in [0.25, 0.3) is 0 Å². The zero-order valence-corrected chi connectivity index (χ0v) is 13.8. The quantitative estimate of drug-likeness (QED) is 0.878. The van der Waals surface area contributed by atoms with E-state index in [9.17, 15) is 4.79 Å². The summed E-state index contributed by atoms with van der Waals surface area (Å²) in [7, 11) is 0. The number of piperazine rings is 1. The molecule has 3 heterocycles. The Bertz CT molecular complexity index is 775. The van der Waals surface area contributed by atoms with Gasteiger partial charge >= 0.3 is 0 Å². The van der Waals surface area contributed by atoms with Crippen LogP contribution in [0.15, 0.2) is 36.5 Å². The van der Waals surface area contributed by atoms with Crippen molar-refractivity contribution in [1.29, 1.82) is 0 Å². The lowest BCUT2D eigenvalue weighted by Crippen LogP contribution is -2.46. The molecular formula is C18H20N4O3. The summed E-state index contributed by atoms with van der Waals surface area (Å²) in [6.45, 7) is 3.90. The van der Waals surface area contributed by atoms with Gasteiger partial charge in [-0.25, -0.2) is 4.98 Å². The normalized spacial score (nSPS) is 15.9. The van der Waals surface area contributed by atoms with Crippen molar-refractivity contribution in [3.05, 3.63) is 47.7 Å². The fourth-order valence-electron chi connectivity index (χ4n) is 2.99. The number of anilines is 1. The Morgan fingerprint density at radius 2 is 2.04 bits per heavy atom. The molecule has 1 aromatic heterocycles. The van der Waals surface area contributed by atoms with Crippen LogP contribution in [0.3, 0.4) is 0 Å². The Morgan fingerprint density at radius 3 is 2.92 bits per heavy atom. The highest BCUT2D eigenvalue weighted by Crippen LogP contribution is 2.32. The lowest BCUT2D eigenvalue weighted by molar-refractivity contribution is 0.0736. The molecule has 0 atom stereocenters. The second kappa shape index (κ2) is 6.98. The number of benzene rings is 1. The van der Waals surface area contributed by atoms with E-state index in [1.165, 1.54) is 0 Å². The zero-order valence-electron chi connectivity index (χ0n) is 13.8. The van der Waals surface area contributed by atoms with Crippen molar-refractivity contribution >= 4 is 11.7 Å². The third-order valence-corrected chi connectivity index (χ3v) is 4.34. The van der Waals surface area contributed by atoms with Crippen molar-refractivity contribution in [2.45, 2.75) is 6.54 Å². The maximum absolute atomic E-state index is 12.8. The first kappa shape index (κ1) is 15.7. The Balaban J connectivity index is 1.48. The topological polar surface area (TPSA) is 75.7 Å². The number of fused-ring (bicyclic) bond motifs is 1. The molecule has 0 radical (unpaired) electrons. The molecule has 4 rings (SSSR count). The van der Waals surface area contributed by atoms with E-state index in [4.69, 9.17) is 9.47 Å². The number of nitrogens with zero attached hydrogens (tertiary/aromatic N) is 2. The van der Waals surface area contributed by atoms with Gasteiger partial charge in [0.2, 0.25) is 6.79 Å². The van der Waals surface area contributed by atoms with Gasteiger partial charge in [-0.2, -0.15) is 0 Å². The first-order valence-corrected chi connectivity index (χ1v) is 8.39. The van der Waals surface area contributed by atoms with Crippen LogP contribution in [0.5, 0.6) is 11.5 Å². The van der Waals surface area contributed by atoms with Crippen LogP contribution in [-0.4, -0.2) is 48.8 Å². The summed E-state index contributed by atoms with van der Waals surface area (Å²) in [4.78, 5) is 19.0. The van der Waals surface area contributed by atoms with Gasteiger partial charge in [0, 0.05) is 38.9 Å². The summed E-state index contributed by atoms with van der Waals surface area (Å²) < 4.78 is 10.7. The highest BCUT2D eigenvalue weighted by molar-refractivity contribution is 5.98. The molecule has 2 aliphatic rings. The summed E-state index contributed by atoms with van der Waals surface area (Å²) in [5, 5.41) is 6.53. The van der Waals surface area contributed by atoms with Crippen LogP contribution in [0.2, 0.25) is 0 Å². The lowest BCUT2D eigenvalue weighted by Gasteiger charge is -2.28. The average Bonchev–Trinajstić information content (AvgIpc) is 3.14. The van der Waals surface area contributed by atoms with Gasteiger partial charge in [-0.3, -0.25) is 4.79 Å². The van der Waals surface area contributed by atoms with E-state index >= 15 is 0 Å². The second-order valence-corrected chi connectivity index (χ2v) is 5.98. The molecule has 7 nitrogen and oxygen atoms in total. The molecule has 1 aromatic carbocycles. The molecule has 7 heteroatoms. The maximum Gasteiger partial charge on any atom is 0.257 e. The zero-order chi connectivity index (χ0) is 17.1. The van der Waals surface area contributed by atoms with Gasteiger partial charge in [0.1, 0.15) is 5.82 Å². The van der Waals surface area contributed by atoms with Gasteiger partial charge in [-0.05, 0) is 29.8 Å². The molecule has 2 N–H and O–H groups in total. The van der Waals surface area contributed by atoms with Gasteiger partial charge in [0.15, 0.2) is 11.5 Å². The fraction of sp³-hybridized carbons (Fsp3) is 0.333. The number of carbonyl (C=O) groups excluding carboxylic acids is 1. The average molecular weight is 340 g/mol. The van der Waals surface area contributed by atoms with Crippen LogP contribution in [-0.2, 0) is 6.54 Å². The number of carbonyl (C=O) groups is 1. The Hall–Kier alpha value is -2.80. The smallest absolute Gasteiger partial charge is 0.257 e. The fourth-order valence-corrected chi connectivity index (χ4v) is 2.99. The van der Waals surface area contributed by atoms with Crippen LogP contribution in [0.1, 0.15) is 15.9 Å². The predicted molar refractivity (Wildman–Crippen MR) is 92.9 cm³/mol. The molecule has 25 heavy (non-hydrogen) atoms. The summed E-state index contributed by atoms with van der Waals surface area (Å²) in [5.41, 5.74) is 1.64. The number of amides is 1. The highest BCUT2D eigenvalue weighted by atomic mass is 16.7. The molecule has 2 aliphatic heterocycles. The molecule has 1 saturated heterocycles. The van der Waals surface area contributed by atoms with Crippen molar-refractivity contribution in [3.63, 3.8) is 0 Å². The van der Waals surface area contributed by atoms with Gasteiger partial charge in [0.05, 0.1) is 5.56 Å². The number of ether oxygens (including phenoxy) is 2. The summed E-state index contributed by atoms with van der Waals surface area (Å²) in [6, 6.07) is 9.42. The minimum atomic E-state index is 0.0165. The van der Waals surface area contributed by atoms with Gasteiger partial charge < -0.3 is 25.0 Å². The van der Waals surface area contributed by atoms with E-state index in [1.54, 1.807) is 12.3 Å². The molecule has 1 fully saturated rings. The van der Waals surface area contributed by atoms with Crippen molar-refractivity contribution in [1.82, 2.24) is 15.2 Å². The van der Waals surface area contributed by atoms with Crippen LogP contribution < -0.4 is 20.1 Å². The van der Waals surface area contributed by atoms with Crippen molar-refractivity contribution in [2.75, 3.05) is 38.3 Å². The Kier molecular flexibility index (Phi) is 4.39. The molecule has 130 valence electrons. The summed E-state index contributed by atoms with van der Waals surface area (Å²) in [6.07, 6.45) is 1.69. The number of pyridine rings is 1. The molecule has 0 unspecified atom stereocenters. The number of rotatable bonds is 4. The van der Waals surface area contributed by atoms with E-state index in [-0.39, 0.29) is 12.7 Å². The maximum atomic E-state index is 12.8. The standard InChI is InChI=1S/C18H20N4O3/c23-18(22-8-6-19-7-9-22)14-2-1-5-20-17(14)21-11-13-3-4-15-16(10-13)25-12-24-15/h1-5,10,19H,6-9,11-12H2,(H,20,21). The second-order valence-electron chi connectivity index (χ2n) is 5.98. The predicted octanol–water partition coefficient (Wildman–Crippen LogP) is 1.47. The van der Waals surface area contributed by atoms with E-state index < -0.39 is 0 Å². The number of nitrogens with one attached hydrogen (secondary N) is 2. The lowest BCUT2D eigenvalue weighted by atomic mass is 10.1. The van der Waals surface area contributed by atoms with E-state index in [2.05, 4.69) is 15.6 Å². The minimum absolute atomic E-state index is 0.0165. The first-order valence-electron chi connectivity index (χ1n) is 8.39. The SMILES string of the molecule is O=C(c1cccnc1NCc1ccc2c(c1)OCO2)N1CCNCC1. The molecule has 2 aromatic rings. The number of hydrogen-bond acceptors (Lipinski definition) is 6.